The number of hydrogen-bond acceptors (Lipinski definition) is 5. The van der Waals surface area contributed by atoms with Crippen molar-refractivity contribution in [3.8, 4) is 0 Å². The molecule has 0 saturated heterocycles. The second-order valence-corrected chi connectivity index (χ2v) is 6.56. The Labute approximate surface area is 130 Å². The first-order valence-electron chi connectivity index (χ1n) is 5.75. The number of nitrogens with one attached hydrogen (secondary N) is 1. The highest BCUT2D eigenvalue weighted by molar-refractivity contribution is 8.01. The molecule has 1 heterocycles. The van der Waals surface area contributed by atoms with Crippen LogP contribution in [0, 0.1) is 6.92 Å². The number of halogens is 1. The van der Waals surface area contributed by atoms with Crippen LogP contribution in [0.4, 0.5) is 5.13 Å². The monoisotopic (exact) mass is 325 g/mol. The first kappa shape index (κ1) is 15.0. The summed E-state index contributed by atoms with van der Waals surface area (Å²) in [5, 5.41) is 11.5. The lowest BCUT2D eigenvalue weighted by molar-refractivity contribution is 0.102. The molecule has 1 aromatic heterocycles. The van der Waals surface area contributed by atoms with Gasteiger partial charge >= 0.3 is 0 Å². The van der Waals surface area contributed by atoms with Gasteiger partial charge in [0.2, 0.25) is 5.13 Å². The molecule has 20 heavy (non-hydrogen) atoms. The lowest BCUT2D eigenvalue weighted by Crippen LogP contribution is -2.12. The third-order valence-electron chi connectivity index (χ3n) is 2.32. The molecule has 7 heteroatoms. The minimum absolute atomic E-state index is 0.286. The van der Waals surface area contributed by atoms with Gasteiger partial charge in [-0.2, -0.15) is 0 Å². The summed E-state index contributed by atoms with van der Waals surface area (Å²) >= 11 is 8.90. The highest BCUT2D eigenvalue weighted by Gasteiger charge is 2.13. The lowest BCUT2D eigenvalue weighted by atomic mass is 10.1. The fourth-order valence-electron chi connectivity index (χ4n) is 1.42. The van der Waals surface area contributed by atoms with E-state index in [1.807, 2.05) is 13.0 Å². The molecule has 0 spiro atoms. The first-order valence-corrected chi connectivity index (χ1v) is 7.93. The van der Waals surface area contributed by atoms with Gasteiger partial charge in [-0.25, -0.2) is 0 Å². The number of carbonyl (C=O) groups is 1. The minimum atomic E-state index is -0.286. The van der Waals surface area contributed by atoms with Crippen molar-refractivity contribution in [2.45, 2.75) is 11.3 Å². The Morgan fingerprint density at radius 1 is 1.55 bits per heavy atom. The summed E-state index contributed by atoms with van der Waals surface area (Å²) in [6.45, 7) is 5.56. The molecule has 4 nitrogen and oxygen atoms in total. The van der Waals surface area contributed by atoms with Gasteiger partial charge in [0.25, 0.3) is 5.91 Å². The molecular weight excluding hydrogens is 314 g/mol. The molecule has 0 aliphatic carbocycles. The lowest BCUT2D eigenvalue weighted by Gasteiger charge is -2.04. The molecule has 0 atom stereocenters. The van der Waals surface area contributed by atoms with E-state index in [1.54, 1.807) is 18.2 Å². The van der Waals surface area contributed by atoms with Crippen LogP contribution in [0.5, 0.6) is 0 Å². The van der Waals surface area contributed by atoms with E-state index in [0.29, 0.717) is 15.7 Å². The zero-order valence-electron chi connectivity index (χ0n) is 10.7. The van der Waals surface area contributed by atoms with Crippen LogP contribution in [0.3, 0.4) is 0 Å². The van der Waals surface area contributed by atoms with E-state index in [-0.39, 0.29) is 5.91 Å². The Morgan fingerprint density at radius 2 is 2.35 bits per heavy atom. The summed E-state index contributed by atoms with van der Waals surface area (Å²) in [5.41, 5.74) is 1.43. The Kier molecular flexibility index (Phi) is 5.17. The maximum Gasteiger partial charge on any atom is 0.259 e. The van der Waals surface area contributed by atoms with Gasteiger partial charge in [0.1, 0.15) is 0 Å². The number of rotatable bonds is 5. The van der Waals surface area contributed by atoms with Crippen LogP contribution in [0.1, 0.15) is 15.9 Å². The van der Waals surface area contributed by atoms with Crippen molar-refractivity contribution >= 4 is 45.7 Å². The van der Waals surface area contributed by atoms with Gasteiger partial charge in [-0.15, -0.1) is 16.8 Å². The highest BCUT2D eigenvalue weighted by atomic mass is 35.5. The Balaban J connectivity index is 2.07. The molecule has 1 amide bonds. The van der Waals surface area contributed by atoms with Crippen LogP contribution in [-0.4, -0.2) is 21.9 Å². The van der Waals surface area contributed by atoms with Crippen molar-refractivity contribution in [1.82, 2.24) is 10.2 Å². The van der Waals surface area contributed by atoms with E-state index in [2.05, 4.69) is 22.1 Å². The largest absolute Gasteiger partial charge is 0.296 e. The average Bonchev–Trinajstić information content (AvgIpc) is 2.83. The second kappa shape index (κ2) is 6.88. The maximum atomic E-state index is 12.1. The summed E-state index contributed by atoms with van der Waals surface area (Å²) < 4.78 is 0.787. The molecule has 104 valence electrons. The topological polar surface area (TPSA) is 54.9 Å². The molecular formula is C13H12ClN3OS2. The molecule has 0 bridgehead atoms. The molecule has 2 rings (SSSR count). The molecule has 0 unspecified atom stereocenters. The van der Waals surface area contributed by atoms with Crippen molar-refractivity contribution < 1.29 is 4.79 Å². The average molecular weight is 326 g/mol. The Bertz CT molecular complexity index is 642. The van der Waals surface area contributed by atoms with Gasteiger partial charge in [0, 0.05) is 5.75 Å². The second-order valence-electron chi connectivity index (χ2n) is 3.91. The smallest absolute Gasteiger partial charge is 0.259 e. The predicted octanol–water partition coefficient (Wildman–Crippen LogP) is 4.03. The summed E-state index contributed by atoms with van der Waals surface area (Å²) in [7, 11) is 0. The standard InChI is InChI=1S/C13H12ClN3OS2/c1-3-6-19-13-17-16-12(20-13)15-11(18)9-5-4-8(2)7-10(9)14/h3-5,7H,1,6H2,2H3,(H,15,16,18). The number of benzene rings is 1. The normalized spacial score (nSPS) is 10.3. The van der Waals surface area contributed by atoms with E-state index in [1.165, 1.54) is 23.1 Å². The summed E-state index contributed by atoms with van der Waals surface area (Å²) in [6.07, 6.45) is 1.79. The third-order valence-corrected chi connectivity index (χ3v) is 4.60. The molecule has 0 aliphatic heterocycles. The number of anilines is 1. The van der Waals surface area contributed by atoms with Crippen molar-refractivity contribution in [3.63, 3.8) is 0 Å². The van der Waals surface area contributed by atoms with Gasteiger partial charge in [0.05, 0.1) is 10.6 Å². The molecule has 0 saturated carbocycles. The summed E-state index contributed by atoms with van der Waals surface area (Å²) in [4.78, 5) is 12.1. The van der Waals surface area contributed by atoms with Crippen molar-refractivity contribution in [1.29, 1.82) is 0 Å². The van der Waals surface area contributed by atoms with Crippen LogP contribution in [-0.2, 0) is 0 Å². The summed E-state index contributed by atoms with van der Waals surface area (Å²) in [5.74, 6) is 0.471. The third kappa shape index (κ3) is 3.82. The SMILES string of the molecule is C=CCSc1nnc(NC(=O)c2ccc(C)cc2Cl)s1. The molecule has 1 N–H and O–H groups in total. The van der Waals surface area contributed by atoms with Crippen molar-refractivity contribution in [2.24, 2.45) is 0 Å². The van der Waals surface area contributed by atoms with E-state index in [9.17, 15) is 4.79 Å². The highest BCUT2D eigenvalue weighted by Crippen LogP contribution is 2.26. The zero-order valence-corrected chi connectivity index (χ0v) is 13.1. The molecule has 1 aromatic carbocycles. The minimum Gasteiger partial charge on any atom is -0.296 e. The predicted molar refractivity (Wildman–Crippen MR) is 85.0 cm³/mol. The van der Waals surface area contributed by atoms with E-state index in [4.69, 9.17) is 11.6 Å². The number of amides is 1. The van der Waals surface area contributed by atoms with Crippen molar-refractivity contribution in [2.75, 3.05) is 11.1 Å². The molecule has 0 fully saturated rings. The Hall–Kier alpha value is -1.37. The van der Waals surface area contributed by atoms with Gasteiger partial charge in [-0.05, 0) is 24.6 Å². The van der Waals surface area contributed by atoms with Gasteiger partial charge in [-0.1, -0.05) is 46.8 Å². The van der Waals surface area contributed by atoms with Crippen LogP contribution in [0.25, 0.3) is 0 Å². The zero-order chi connectivity index (χ0) is 14.5. The van der Waals surface area contributed by atoms with Gasteiger partial charge in [0.15, 0.2) is 4.34 Å². The first-order chi connectivity index (χ1) is 9.60. The molecule has 0 aliphatic rings. The van der Waals surface area contributed by atoms with E-state index < -0.39 is 0 Å². The van der Waals surface area contributed by atoms with Crippen LogP contribution < -0.4 is 5.32 Å². The number of aromatic nitrogens is 2. The van der Waals surface area contributed by atoms with Crippen molar-refractivity contribution in [3.05, 3.63) is 47.0 Å². The number of aryl methyl sites for hydroxylation is 1. The fourth-order valence-corrected chi connectivity index (χ4v) is 3.25. The van der Waals surface area contributed by atoms with Crippen LogP contribution >= 0.6 is 34.7 Å². The van der Waals surface area contributed by atoms with Gasteiger partial charge < -0.3 is 0 Å². The van der Waals surface area contributed by atoms with Crippen LogP contribution in [0.15, 0.2) is 35.2 Å². The number of carbonyl (C=O) groups excluding carboxylic acids is 1. The van der Waals surface area contributed by atoms with E-state index >= 15 is 0 Å². The summed E-state index contributed by atoms with van der Waals surface area (Å²) in [6, 6.07) is 5.29. The molecule has 2 aromatic rings. The number of nitrogens with zero attached hydrogens (tertiary/aromatic N) is 2. The van der Waals surface area contributed by atoms with Gasteiger partial charge in [-0.3, -0.25) is 10.1 Å². The van der Waals surface area contributed by atoms with E-state index in [0.717, 1.165) is 15.7 Å². The number of hydrogen-bond donors (Lipinski definition) is 1. The van der Waals surface area contributed by atoms with Crippen LogP contribution in [0.2, 0.25) is 5.02 Å². The molecule has 0 radical (unpaired) electrons. The quantitative estimate of drug-likeness (QED) is 0.512. The number of thioether (sulfide) groups is 1. The maximum absolute atomic E-state index is 12.1. The fraction of sp³-hybridized carbons (Fsp3) is 0.154. The Morgan fingerprint density at radius 3 is 3.05 bits per heavy atom.